The summed E-state index contributed by atoms with van der Waals surface area (Å²) in [6, 6.07) is 5.60. The Morgan fingerprint density at radius 2 is 1.90 bits per heavy atom. The molecular formula is C16H18N2O3. The van der Waals surface area contributed by atoms with Crippen LogP contribution in [0.15, 0.2) is 34.0 Å². The maximum atomic E-state index is 11.5. The lowest BCUT2D eigenvalue weighted by Crippen LogP contribution is -2.11. The van der Waals surface area contributed by atoms with Crippen LogP contribution in [0, 0.1) is 0 Å². The quantitative estimate of drug-likeness (QED) is 0.847. The molecule has 0 radical (unpaired) electrons. The summed E-state index contributed by atoms with van der Waals surface area (Å²) < 4.78 is 11.4. The van der Waals surface area contributed by atoms with Crippen molar-refractivity contribution in [2.45, 2.75) is 38.7 Å². The van der Waals surface area contributed by atoms with Gasteiger partial charge in [0.05, 0.1) is 13.2 Å². The predicted octanol–water partition coefficient (Wildman–Crippen LogP) is 3.74. The van der Waals surface area contributed by atoms with E-state index in [9.17, 15) is 4.79 Å². The predicted molar refractivity (Wildman–Crippen MR) is 78.3 cm³/mol. The highest BCUT2D eigenvalue weighted by Gasteiger charge is 2.22. The monoisotopic (exact) mass is 286 g/mol. The molecule has 5 heteroatoms. The van der Waals surface area contributed by atoms with Gasteiger partial charge in [-0.15, -0.1) is 10.2 Å². The Morgan fingerprint density at radius 1 is 1.14 bits per heavy atom. The minimum Gasteiger partial charge on any atom is -0.493 e. The van der Waals surface area contributed by atoms with E-state index in [2.05, 4.69) is 10.2 Å². The molecule has 0 atom stereocenters. The Kier molecular flexibility index (Phi) is 3.73. The van der Waals surface area contributed by atoms with Crippen molar-refractivity contribution in [3.63, 3.8) is 0 Å². The van der Waals surface area contributed by atoms with Crippen LogP contribution in [0.3, 0.4) is 0 Å². The Labute approximate surface area is 123 Å². The summed E-state index contributed by atoms with van der Waals surface area (Å²) in [6.45, 7) is 1.74. The topological polar surface area (TPSA) is 60.2 Å². The number of ether oxygens (including phenoxy) is 2. The van der Waals surface area contributed by atoms with Gasteiger partial charge >= 0.3 is 0 Å². The molecule has 0 unspecified atom stereocenters. The van der Waals surface area contributed by atoms with Gasteiger partial charge in [-0.3, -0.25) is 4.79 Å². The van der Waals surface area contributed by atoms with Crippen molar-refractivity contribution in [2.24, 2.45) is 10.2 Å². The fourth-order valence-electron chi connectivity index (χ4n) is 2.72. The fraction of sp³-hybridized carbons (Fsp3) is 0.438. The van der Waals surface area contributed by atoms with Crippen molar-refractivity contribution in [3.05, 3.63) is 29.3 Å². The summed E-state index contributed by atoms with van der Waals surface area (Å²) in [5, 5.41) is 7.55. The van der Waals surface area contributed by atoms with E-state index in [0.29, 0.717) is 22.8 Å². The second-order valence-corrected chi connectivity index (χ2v) is 5.37. The zero-order chi connectivity index (χ0) is 14.8. The minimum atomic E-state index is -0.279. The lowest BCUT2D eigenvalue weighted by molar-refractivity contribution is -0.114. The molecule has 0 saturated heterocycles. The average molecular weight is 286 g/mol. The smallest absolute Gasteiger partial charge is 0.293 e. The van der Waals surface area contributed by atoms with Crippen LogP contribution in [0.4, 0.5) is 0 Å². The summed E-state index contributed by atoms with van der Waals surface area (Å²) in [5.74, 6) is 1.13. The van der Waals surface area contributed by atoms with Gasteiger partial charge in [0, 0.05) is 11.1 Å². The van der Waals surface area contributed by atoms with E-state index in [1.165, 1.54) is 12.8 Å². The van der Waals surface area contributed by atoms with Crippen molar-refractivity contribution in [2.75, 3.05) is 7.11 Å². The molecule has 0 N–H and O–H groups in total. The molecular weight excluding hydrogens is 268 g/mol. The molecule has 1 fully saturated rings. The number of carbonyl (C=O) groups is 1. The number of hydrogen-bond donors (Lipinski definition) is 0. The van der Waals surface area contributed by atoms with Gasteiger partial charge in [0.2, 0.25) is 0 Å². The molecule has 1 aliphatic heterocycles. The first-order valence-electron chi connectivity index (χ1n) is 7.21. The van der Waals surface area contributed by atoms with Gasteiger partial charge in [-0.25, -0.2) is 0 Å². The lowest BCUT2D eigenvalue weighted by Gasteiger charge is -2.16. The molecule has 1 aromatic rings. The van der Waals surface area contributed by atoms with Crippen LogP contribution in [0.2, 0.25) is 0 Å². The maximum absolute atomic E-state index is 11.5. The third-order valence-electron chi connectivity index (χ3n) is 3.95. The maximum Gasteiger partial charge on any atom is 0.293 e. The van der Waals surface area contributed by atoms with Gasteiger partial charge in [-0.05, 0) is 50.8 Å². The zero-order valence-electron chi connectivity index (χ0n) is 12.3. The molecule has 0 bridgehead atoms. The highest BCUT2D eigenvalue weighted by molar-refractivity contribution is 6.03. The van der Waals surface area contributed by atoms with Crippen molar-refractivity contribution in [1.29, 1.82) is 0 Å². The lowest BCUT2D eigenvalue weighted by atomic mass is 10.1. The molecule has 0 aromatic heterocycles. The summed E-state index contributed by atoms with van der Waals surface area (Å²) in [5.41, 5.74) is 2.00. The van der Waals surface area contributed by atoms with Gasteiger partial charge < -0.3 is 9.47 Å². The van der Waals surface area contributed by atoms with Crippen molar-refractivity contribution in [3.8, 4) is 11.5 Å². The normalized spacial score (nSPS) is 18.7. The third-order valence-corrected chi connectivity index (χ3v) is 3.95. The Bertz CT molecular complexity index is 628. The third kappa shape index (κ3) is 2.68. The summed E-state index contributed by atoms with van der Waals surface area (Å²) in [4.78, 5) is 11.5. The van der Waals surface area contributed by atoms with Crippen LogP contribution < -0.4 is 9.47 Å². The van der Waals surface area contributed by atoms with Crippen molar-refractivity contribution in [1.82, 2.24) is 0 Å². The second-order valence-electron chi connectivity index (χ2n) is 5.37. The van der Waals surface area contributed by atoms with E-state index in [-0.39, 0.29) is 12.0 Å². The second kappa shape index (κ2) is 5.68. The first-order chi connectivity index (χ1) is 10.2. The van der Waals surface area contributed by atoms with Gasteiger partial charge in [0.15, 0.2) is 11.5 Å². The molecule has 110 valence electrons. The first-order valence-corrected chi connectivity index (χ1v) is 7.21. The number of carbonyl (C=O) groups excluding carboxylic acids is 1. The van der Waals surface area contributed by atoms with Crippen LogP contribution in [0.25, 0.3) is 5.70 Å². The van der Waals surface area contributed by atoms with Crippen molar-refractivity contribution >= 4 is 11.6 Å². The molecule has 0 spiro atoms. The molecule has 1 amide bonds. The van der Waals surface area contributed by atoms with Gasteiger partial charge in [-0.1, -0.05) is 0 Å². The standard InChI is InChI=1S/C16H18N2O3/c1-10-15(17-18-16(10)19)11-7-8-13(20-2)14(9-11)21-12-5-3-4-6-12/h7-9,12H,3-6H2,1-2H3. The number of nitrogens with zero attached hydrogens (tertiary/aromatic N) is 2. The minimum absolute atomic E-state index is 0.246. The van der Waals surface area contributed by atoms with Crippen LogP contribution in [0.1, 0.15) is 38.2 Å². The zero-order valence-corrected chi connectivity index (χ0v) is 12.3. The number of azo groups is 1. The number of amides is 1. The molecule has 1 aliphatic carbocycles. The number of methoxy groups -OCH3 is 1. The van der Waals surface area contributed by atoms with E-state index >= 15 is 0 Å². The fourth-order valence-corrected chi connectivity index (χ4v) is 2.72. The van der Waals surface area contributed by atoms with Gasteiger partial charge in [0.25, 0.3) is 5.91 Å². The van der Waals surface area contributed by atoms with Crippen LogP contribution in [-0.4, -0.2) is 19.1 Å². The van der Waals surface area contributed by atoms with E-state index in [1.807, 2.05) is 18.2 Å². The van der Waals surface area contributed by atoms with E-state index < -0.39 is 0 Å². The van der Waals surface area contributed by atoms with E-state index in [4.69, 9.17) is 9.47 Å². The number of hydrogen-bond acceptors (Lipinski definition) is 4. The van der Waals surface area contributed by atoms with Crippen molar-refractivity contribution < 1.29 is 14.3 Å². The molecule has 21 heavy (non-hydrogen) atoms. The molecule has 1 saturated carbocycles. The van der Waals surface area contributed by atoms with Crippen LogP contribution in [-0.2, 0) is 4.79 Å². The Hall–Kier alpha value is -2.17. The summed E-state index contributed by atoms with van der Waals surface area (Å²) in [6.07, 6.45) is 4.82. The molecule has 1 heterocycles. The molecule has 1 aromatic carbocycles. The number of rotatable bonds is 4. The average Bonchev–Trinajstić information content (AvgIpc) is 3.11. The molecule has 5 nitrogen and oxygen atoms in total. The highest BCUT2D eigenvalue weighted by atomic mass is 16.5. The Balaban J connectivity index is 1.93. The summed E-state index contributed by atoms with van der Waals surface area (Å²) in [7, 11) is 1.62. The Morgan fingerprint density at radius 3 is 2.52 bits per heavy atom. The number of benzene rings is 1. The van der Waals surface area contributed by atoms with E-state index in [0.717, 1.165) is 18.4 Å². The van der Waals surface area contributed by atoms with Crippen LogP contribution >= 0.6 is 0 Å². The van der Waals surface area contributed by atoms with Crippen LogP contribution in [0.5, 0.6) is 11.5 Å². The SMILES string of the molecule is COc1ccc(C2=C(C)C(=O)N=N2)cc1OC1CCCC1. The molecule has 2 aliphatic rings. The van der Waals surface area contributed by atoms with E-state index in [1.54, 1.807) is 14.0 Å². The van der Waals surface area contributed by atoms with Gasteiger partial charge in [-0.2, -0.15) is 0 Å². The largest absolute Gasteiger partial charge is 0.493 e. The molecule has 3 rings (SSSR count). The summed E-state index contributed by atoms with van der Waals surface area (Å²) >= 11 is 0. The first kappa shape index (κ1) is 13.8. The highest BCUT2D eigenvalue weighted by Crippen LogP contribution is 2.36. The van der Waals surface area contributed by atoms with Gasteiger partial charge in [0.1, 0.15) is 5.70 Å².